The standard InChI is InChI=1S/C19H18F3N5O/c1-10(2)9-23-19(25-18(28)11-3-6-14(21)15(22)7-11)24-17-13-5-4-12(20)8-16(13)26-27-17/h3-8,10H,9H2,1-2H3,(H3,23,24,25,26,27,28). The summed E-state index contributed by atoms with van der Waals surface area (Å²) in [5, 5.41) is 12.8. The molecule has 146 valence electrons. The summed E-state index contributed by atoms with van der Waals surface area (Å²) in [6.07, 6.45) is 0. The number of benzene rings is 2. The van der Waals surface area contributed by atoms with Crippen molar-refractivity contribution in [2.75, 3.05) is 11.9 Å². The summed E-state index contributed by atoms with van der Waals surface area (Å²) >= 11 is 0. The predicted octanol–water partition coefficient (Wildman–Crippen LogP) is 3.83. The van der Waals surface area contributed by atoms with E-state index in [9.17, 15) is 18.0 Å². The third kappa shape index (κ3) is 4.48. The van der Waals surface area contributed by atoms with E-state index in [-0.39, 0.29) is 17.4 Å². The lowest BCUT2D eigenvalue weighted by Crippen LogP contribution is -2.36. The highest BCUT2D eigenvalue weighted by Crippen LogP contribution is 2.21. The number of hydrogen-bond acceptors (Lipinski definition) is 3. The fourth-order valence-electron chi connectivity index (χ4n) is 2.40. The highest BCUT2D eigenvalue weighted by molar-refractivity contribution is 6.11. The Morgan fingerprint density at radius 3 is 2.64 bits per heavy atom. The maximum atomic E-state index is 13.4. The number of carbonyl (C=O) groups is 1. The van der Waals surface area contributed by atoms with Crippen molar-refractivity contribution in [3.63, 3.8) is 0 Å². The van der Waals surface area contributed by atoms with Crippen molar-refractivity contribution >= 4 is 28.6 Å². The summed E-state index contributed by atoms with van der Waals surface area (Å²) in [5.41, 5.74) is 0.407. The average Bonchev–Trinajstić information content (AvgIpc) is 3.03. The lowest BCUT2D eigenvalue weighted by Gasteiger charge is -2.11. The molecule has 0 spiro atoms. The van der Waals surface area contributed by atoms with E-state index >= 15 is 0 Å². The highest BCUT2D eigenvalue weighted by atomic mass is 19.2. The third-order valence-electron chi connectivity index (χ3n) is 3.79. The van der Waals surface area contributed by atoms with Crippen LogP contribution in [0.25, 0.3) is 10.9 Å². The number of aromatic nitrogens is 2. The number of fused-ring (bicyclic) bond motifs is 1. The summed E-state index contributed by atoms with van der Waals surface area (Å²) in [7, 11) is 0. The topological polar surface area (TPSA) is 82.2 Å². The van der Waals surface area contributed by atoms with E-state index in [1.165, 1.54) is 24.3 Å². The number of aromatic amines is 1. The molecule has 0 aliphatic rings. The van der Waals surface area contributed by atoms with Crippen molar-refractivity contribution < 1.29 is 18.0 Å². The molecule has 0 saturated carbocycles. The molecule has 6 nitrogen and oxygen atoms in total. The van der Waals surface area contributed by atoms with Crippen molar-refractivity contribution in [3.8, 4) is 0 Å². The van der Waals surface area contributed by atoms with Crippen LogP contribution < -0.4 is 10.6 Å². The Kier molecular flexibility index (Phi) is 5.62. The molecule has 0 unspecified atom stereocenters. The van der Waals surface area contributed by atoms with Crippen LogP contribution in [0.15, 0.2) is 41.4 Å². The number of amides is 1. The number of hydrogen-bond donors (Lipinski definition) is 3. The van der Waals surface area contributed by atoms with Crippen LogP contribution in [0.2, 0.25) is 0 Å². The average molecular weight is 389 g/mol. The maximum Gasteiger partial charge on any atom is 0.258 e. The van der Waals surface area contributed by atoms with Crippen LogP contribution in [-0.2, 0) is 0 Å². The number of nitrogens with zero attached hydrogens (tertiary/aromatic N) is 2. The summed E-state index contributed by atoms with van der Waals surface area (Å²) < 4.78 is 39.8. The van der Waals surface area contributed by atoms with Gasteiger partial charge in [-0.15, -0.1) is 0 Å². The first-order valence-electron chi connectivity index (χ1n) is 8.55. The molecule has 0 atom stereocenters. The molecule has 1 heterocycles. The molecule has 1 aromatic heterocycles. The van der Waals surface area contributed by atoms with Crippen molar-refractivity contribution in [2.45, 2.75) is 13.8 Å². The molecule has 9 heteroatoms. The lowest BCUT2D eigenvalue weighted by molar-refractivity contribution is 0.0976. The Morgan fingerprint density at radius 1 is 1.14 bits per heavy atom. The monoisotopic (exact) mass is 389 g/mol. The molecule has 3 N–H and O–H groups in total. The molecule has 28 heavy (non-hydrogen) atoms. The first-order valence-corrected chi connectivity index (χ1v) is 8.55. The zero-order valence-electron chi connectivity index (χ0n) is 15.2. The van der Waals surface area contributed by atoms with E-state index in [0.29, 0.717) is 23.3 Å². The van der Waals surface area contributed by atoms with Gasteiger partial charge >= 0.3 is 0 Å². The van der Waals surface area contributed by atoms with Gasteiger partial charge in [-0.3, -0.25) is 20.2 Å². The number of aliphatic imine (C=N–C) groups is 1. The van der Waals surface area contributed by atoms with Crippen molar-refractivity contribution in [1.82, 2.24) is 15.5 Å². The number of anilines is 1. The Balaban J connectivity index is 1.85. The normalized spacial score (nSPS) is 11.9. The minimum absolute atomic E-state index is 0.0631. The van der Waals surface area contributed by atoms with Gasteiger partial charge < -0.3 is 5.32 Å². The molecule has 1 amide bonds. The second-order valence-electron chi connectivity index (χ2n) is 6.55. The second kappa shape index (κ2) is 8.12. The lowest BCUT2D eigenvalue weighted by atomic mass is 10.2. The molecule has 0 radical (unpaired) electrons. The Labute approximate surface area is 158 Å². The molecule has 0 fully saturated rings. The van der Waals surface area contributed by atoms with Gasteiger partial charge in [-0.25, -0.2) is 13.2 Å². The van der Waals surface area contributed by atoms with Crippen molar-refractivity contribution in [2.24, 2.45) is 10.9 Å². The van der Waals surface area contributed by atoms with E-state index in [1.807, 2.05) is 13.8 Å². The summed E-state index contributed by atoms with van der Waals surface area (Å²) in [4.78, 5) is 16.7. The molecule has 3 aromatic rings. The fourth-order valence-corrected chi connectivity index (χ4v) is 2.40. The van der Waals surface area contributed by atoms with Gasteiger partial charge in [0.1, 0.15) is 5.82 Å². The number of halogens is 3. The number of nitrogens with one attached hydrogen (secondary N) is 3. The van der Waals surface area contributed by atoms with Crippen LogP contribution >= 0.6 is 0 Å². The SMILES string of the molecule is CC(C)CN=C(NC(=O)c1ccc(F)c(F)c1)Nc1n[nH]c2cc(F)ccc12. The minimum Gasteiger partial charge on any atom is -0.309 e. The molecular formula is C19H18F3N5O. The Bertz CT molecular complexity index is 1050. The zero-order valence-corrected chi connectivity index (χ0v) is 15.2. The van der Waals surface area contributed by atoms with E-state index in [2.05, 4.69) is 25.8 Å². The van der Waals surface area contributed by atoms with Crippen LogP contribution in [-0.4, -0.2) is 28.6 Å². The van der Waals surface area contributed by atoms with E-state index in [1.54, 1.807) is 0 Å². The van der Waals surface area contributed by atoms with Gasteiger partial charge in [-0.1, -0.05) is 13.8 Å². The van der Waals surface area contributed by atoms with E-state index in [4.69, 9.17) is 0 Å². The number of guanidine groups is 1. The van der Waals surface area contributed by atoms with Gasteiger partial charge in [0.2, 0.25) is 5.96 Å². The van der Waals surface area contributed by atoms with Crippen LogP contribution in [0, 0.1) is 23.4 Å². The van der Waals surface area contributed by atoms with Crippen LogP contribution in [0.1, 0.15) is 24.2 Å². The van der Waals surface area contributed by atoms with Gasteiger partial charge in [-0.2, -0.15) is 5.10 Å². The van der Waals surface area contributed by atoms with Crippen molar-refractivity contribution in [1.29, 1.82) is 0 Å². The van der Waals surface area contributed by atoms with Gasteiger partial charge in [-0.05, 0) is 42.3 Å². The van der Waals surface area contributed by atoms with Crippen LogP contribution in [0.3, 0.4) is 0 Å². The first-order chi connectivity index (χ1) is 13.3. The number of carbonyl (C=O) groups excluding carboxylic acids is 1. The summed E-state index contributed by atoms with van der Waals surface area (Å²) in [6.45, 7) is 4.30. The molecule has 0 saturated heterocycles. The molecule has 0 aliphatic heterocycles. The highest BCUT2D eigenvalue weighted by Gasteiger charge is 2.14. The quantitative estimate of drug-likeness (QED) is 0.468. The van der Waals surface area contributed by atoms with Gasteiger partial charge in [0.25, 0.3) is 5.91 Å². The van der Waals surface area contributed by atoms with E-state index in [0.717, 1.165) is 12.1 Å². The minimum atomic E-state index is -1.12. The van der Waals surface area contributed by atoms with Gasteiger partial charge in [0.05, 0.1) is 5.52 Å². The molecule has 0 bridgehead atoms. The molecule has 0 aliphatic carbocycles. The van der Waals surface area contributed by atoms with Gasteiger partial charge in [0.15, 0.2) is 17.5 Å². The second-order valence-corrected chi connectivity index (χ2v) is 6.55. The maximum absolute atomic E-state index is 13.4. The largest absolute Gasteiger partial charge is 0.309 e. The predicted molar refractivity (Wildman–Crippen MR) is 101 cm³/mol. The van der Waals surface area contributed by atoms with Crippen LogP contribution in [0.4, 0.5) is 19.0 Å². The van der Waals surface area contributed by atoms with E-state index < -0.39 is 23.4 Å². The fraction of sp³-hybridized carbons (Fsp3) is 0.211. The van der Waals surface area contributed by atoms with Crippen molar-refractivity contribution in [3.05, 3.63) is 59.4 Å². The van der Waals surface area contributed by atoms with Crippen LogP contribution in [0.5, 0.6) is 0 Å². The molecule has 3 rings (SSSR count). The summed E-state index contributed by atoms with van der Waals surface area (Å²) in [6, 6.07) is 6.95. The van der Waals surface area contributed by atoms with Gasteiger partial charge in [0, 0.05) is 17.5 Å². The smallest absolute Gasteiger partial charge is 0.258 e. The molecule has 2 aromatic carbocycles. The molecular weight excluding hydrogens is 371 g/mol. The first kappa shape index (κ1) is 19.4. The Hall–Kier alpha value is -3.36. The Morgan fingerprint density at radius 2 is 1.93 bits per heavy atom. The summed E-state index contributed by atoms with van der Waals surface area (Å²) in [5.74, 6) is -2.62. The number of H-pyrrole nitrogens is 1. The third-order valence-corrected chi connectivity index (χ3v) is 3.79. The zero-order chi connectivity index (χ0) is 20.3. The number of rotatable bonds is 4.